The van der Waals surface area contributed by atoms with E-state index < -0.39 is 0 Å². The van der Waals surface area contributed by atoms with E-state index in [2.05, 4.69) is 43.1 Å². The Balaban J connectivity index is 2.22. The highest BCUT2D eigenvalue weighted by Gasteiger charge is 2.32. The van der Waals surface area contributed by atoms with Gasteiger partial charge in [0.25, 0.3) is 0 Å². The number of carbonyl (C=O) groups excluding carboxylic acids is 1. The van der Waals surface area contributed by atoms with Crippen LogP contribution in [0, 0.1) is 5.41 Å². The molecule has 0 aliphatic carbocycles. The highest BCUT2D eigenvalue weighted by Crippen LogP contribution is 2.38. The van der Waals surface area contributed by atoms with Gasteiger partial charge in [0.15, 0.2) is 0 Å². The van der Waals surface area contributed by atoms with Gasteiger partial charge in [-0.2, -0.15) is 0 Å². The molecule has 1 fully saturated rings. The van der Waals surface area contributed by atoms with E-state index in [1.165, 1.54) is 12.5 Å². The van der Waals surface area contributed by atoms with Crippen LogP contribution in [0.15, 0.2) is 24.3 Å². The van der Waals surface area contributed by atoms with Crippen LogP contribution in [0.1, 0.15) is 39.3 Å². The molecule has 1 aromatic carbocycles. The normalized spacial score (nSPS) is 18.3. The van der Waals surface area contributed by atoms with Crippen LogP contribution in [0.2, 0.25) is 0 Å². The lowest BCUT2D eigenvalue weighted by atomic mass is 9.81. The average molecular weight is 290 g/mol. The minimum Gasteiger partial charge on any atom is -0.427 e. The van der Waals surface area contributed by atoms with Gasteiger partial charge < -0.3 is 10.1 Å². The van der Waals surface area contributed by atoms with Gasteiger partial charge in [-0.25, -0.2) is 0 Å². The van der Waals surface area contributed by atoms with Crippen LogP contribution in [0.4, 0.5) is 0 Å². The lowest BCUT2D eigenvalue weighted by molar-refractivity contribution is -0.131. The SMILES string of the molecule is CC(=O)Oc1ccc([C@@H](N2CCNCC2)C(C)(C)C)cc1. The molecule has 1 N–H and O–H groups in total. The molecule has 4 heteroatoms. The van der Waals surface area contributed by atoms with E-state index in [-0.39, 0.29) is 11.4 Å². The minimum atomic E-state index is -0.280. The van der Waals surface area contributed by atoms with E-state index >= 15 is 0 Å². The Hall–Kier alpha value is -1.39. The second kappa shape index (κ2) is 6.58. The van der Waals surface area contributed by atoms with Gasteiger partial charge in [-0.1, -0.05) is 32.9 Å². The van der Waals surface area contributed by atoms with Gasteiger partial charge in [0, 0.05) is 39.1 Å². The van der Waals surface area contributed by atoms with Crippen molar-refractivity contribution in [3.63, 3.8) is 0 Å². The second-order valence-corrected chi connectivity index (χ2v) is 6.72. The minimum absolute atomic E-state index is 0.153. The lowest BCUT2D eigenvalue weighted by Gasteiger charge is -2.42. The maximum atomic E-state index is 11.0. The molecule has 1 saturated heterocycles. The van der Waals surface area contributed by atoms with Crippen LogP contribution in [0.5, 0.6) is 5.75 Å². The summed E-state index contributed by atoms with van der Waals surface area (Å²) in [4.78, 5) is 13.5. The molecule has 0 aromatic heterocycles. The molecule has 1 heterocycles. The topological polar surface area (TPSA) is 41.6 Å². The third-order valence-electron chi connectivity index (χ3n) is 3.79. The third-order valence-corrected chi connectivity index (χ3v) is 3.79. The van der Waals surface area contributed by atoms with Gasteiger partial charge in [-0.15, -0.1) is 0 Å². The molecule has 116 valence electrons. The van der Waals surface area contributed by atoms with Crippen molar-refractivity contribution in [1.82, 2.24) is 10.2 Å². The molecule has 1 aromatic rings. The van der Waals surface area contributed by atoms with Crippen LogP contribution in [0.25, 0.3) is 0 Å². The van der Waals surface area contributed by atoms with E-state index in [0.29, 0.717) is 11.8 Å². The number of ether oxygens (including phenoxy) is 1. The van der Waals surface area contributed by atoms with Gasteiger partial charge in [0.05, 0.1) is 0 Å². The lowest BCUT2D eigenvalue weighted by Crippen LogP contribution is -2.48. The Kier molecular flexibility index (Phi) is 5.01. The number of benzene rings is 1. The molecule has 1 atom stereocenters. The number of hydrogen-bond donors (Lipinski definition) is 1. The largest absolute Gasteiger partial charge is 0.427 e. The molecule has 2 rings (SSSR count). The van der Waals surface area contributed by atoms with Crippen molar-refractivity contribution < 1.29 is 9.53 Å². The van der Waals surface area contributed by atoms with Crippen LogP contribution in [-0.2, 0) is 4.79 Å². The monoisotopic (exact) mass is 290 g/mol. The smallest absolute Gasteiger partial charge is 0.308 e. The van der Waals surface area contributed by atoms with E-state index in [9.17, 15) is 4.79 Å². The Morgan fingerprint density at radius 1 is 1.19 bits per heavy atom. The van der Waals surface area contributed by atoms with Crippen LogP contribution >= 0.6 is 0 Å². The molecular formula is C17H26N2O2. The number of esters is 1. The van der Waals surface area contributed by atoms with Gasteiger partial charge in [-0.05, 0) is 23.1 Å². The first kappa shape index (κ1) is 16.0. The zero-order valence-electron chi connectivity index (χ0n) is 13.5. The van der Waals surface area contributed by atoms with Crippen molar-refractivity contribution >= 4 is 5.97 Å². The van der Waals surface area contributed by atoms with Crippen molar-refractivity contribution in [3.8, 4) is 5.75 Å². The molecule has 0 spiro atoms. The second-order valence-electron chi connectivity index (χ2n) is 6.72. The Morgan fingerprint density at radius 3 is 2.24 bits per heavy atom. The van der Waals surface area contributed by atoms with Crippen molar-refractivity contribution in [2.45, 2.75) is 33.7 Å². The van der Waals surface area contributed by atoms with Crippen molar-refractivity contribution in [1.29, 1.82) is 0 Å². The molecule has 0 bridgehead atoms. The first-order valence-electron chi connectivity index (χ1n) is 7.61. The van der Waals surface area contributed by atoms with E-state index in [0.717, 1.165) is 26.2 Å². The van der Waals surface area contributed by atoms with Crippen molar-refractivity contribution in [2.24, 2.45) is 5.41 Å². The van der Waals surface area contributed by atoms with Crippen LogP contribution in [0.3, 0.4) is 0 Å². The Bertz CT molecular complexity index is 471. The van der Waals surface area contributed by atoms with Gasteiger partial charge in [0.2, 0.25) is 0 Å². The van der Waals surface area contributed by atoms with Crippen molar-refractivity contribution in [2.75, 3.05) is 26.2 Å². The van der Waals surface area contributed by atoms with E-state index in [4.69, 9.17) is 4.74 Å². The summed E-state index contributed by atoms with van der Waals surface area (Å²) >= 11 is 0. The number of piperazine rings is 1. The number of rotatable bonds is 3. The van der Waals surface area contributed by atoms with Crippen LogP contribution < -0.4 is 10.1 Å². The van der Waals surface area contributed by atoms with Gasteiger partial charge in [-0.3, -0.25) is 9.69 Å². The summed E-state index contributed by atoms with van der Waals surface area (Å²) in [5, 5.41) is 3.40. The fourth-order valence-electron chi connectivity index (χ4n) is 3.08. The Labute approximate surface area is 127 Å². The fraction of sp³-hybridized carbons (Fsp3) is 0.588. The third kappa shape index (κ3) is 4.29. The summed E-state index contributed by atoms with van der Waals surface area (Å²) in [5.41, 5.74) is 1.43. The molecule has 0 unspecified atom stereocenters. The first-order valence-corrected chi connectivity index (χ1v) is 7.61. The number of nitrogens with one attached hydrogen (secondary N) is 1. The number of nitrogens with zero attached hydrogens (tertiary/aromatic N) is 1. The molecule has 1 aliphatic rings. The summed E-state index contributed by atoms with van der Waals surface area (Å²) in [7, 11) is 0. The van der Waals surface area contributed by atoms with Gasteiger partial charge in [0.1, 0.15) is 5.75 Å². The fourth-order valence-corrected chi connectivity index (χ4v) is 3.08. The highest BCUT2D eigenvalue weighted by molar-refractivity contribution is 5.69. The maximum Gasteiger partial charge on any atom is 0.308 e. The molecule has 4 nitrogen and oxygen atoms in total. The zero-order valence-corrected chi connectivity index (χ0v) is 13.5. The summed E-state index contributed by atoms with van der Waals surface area (Å²) < 4.78 is 5.12. The maximum absolute atomic E-state index is 11.0. The summed E-state index contributed by atoms with van der Waals surface area (Å²) in [6, 6.07) is 8.30. The molecular weight excluding hydrogens is 264 g/mol. The van der Waals surface area contributed by atoms with E-state index in [1.807, 2.05) is 12.1 Å². The zero-order chi connectivity index (χ0) is 15.5. The van der Waals surface area contributed by atoms with Crippen molar-refractivity contribution in [3.05, 3.63) is 29.8 Å². The van der Waals surface area contributed by atoms with Crippen LogP contribution in [-0.4, -0.2) is 37.0 Å². The Morgan fingerprint density at radius 2 is 1.76 bits per heavy atom. The summed E-state index contributed by atoms with van der Waals surface area (Å²) in [6.45, 7) is 12.5. The standard InChI is InChI=1S/C17H26N2O2/c1-13(20)21-15-7-5-14(6-8-15)16(17(2,3)4)19-11-9-18-10-12-19/h5-8,16,18H,9-12H2,1-4H3/t16-/m1/s1. The molecule has 0 radical (unpaired) electrons. The van der Waals surface area contributed by atoms with Gasteiger partial charge >= 0.3 is 5.97 Å². The predicted molar refractivity (Wildman–Crippen MR) is 84.4 cm³/mol. The number of hydrogen-bond acceptors (Lipinski definition) is 4. The summed E-state index contributed by atoms with van der Waals surface area (Å²) in [5.74, 6) is 0.330. The molecule has 0 saturated carbocycles. The first-order chi connectivity index (χ1) is 9.88. The highest BCUT2D eigenvalue weighted by atomic mass is 16.5. The quantitative estimate of drug-likeness (QED) is 0.686. The molecule has 21 heavy (non-hydrogen) atoms. The van der Waals surface area contributed by atoms with E-state index in [1.54, 1.807) is 0 Å². The predicted octanol–water partition coefficient (Wildman–Crippen LogP) is 2.60. The molecule has 0 amide bonds. The summed E-state index contributed by atoms with van der Waals surface area (Å²) in [6.07, 6.45) is 0. The number of carbonyl (C=O) groups is 1. The molecule has 1 aliphatic heterocycles. The average Bonchev–Trinajstić information content (AvgIpc) is 2.40.